The third-order valence-corrected chi connectivity index (χ3v) is 3.12. The molecule has 0 atom stereocenters. The fraction of sp³-hybridized carbons (Fsp3) is 0.400. The molecule has 0 bridgehead atoms. The van der Waals surface area contributed by atoms with E-state index in [2.05, 4.69) is 10.2 Å². The highest BCUT2D eigenvalue weighted by Gasteiger charge is 2.09. The molecule has 0 aliphatic carbocycles. The van der Waals surface area contributed by atoms with Crippen LogP contribution in [0.3, 0.4) is 0 Å². The number of anilines is 1. The highest BCUT2D eigenvalue weighted by atomic mass is 35.5. The van der Waals surface area contributed by atoms with Gasteiger partial charge in [0.2, 0.25) is 5.91 Å². The number of allylic oxidation sites excluding steroid dienone is 1. The number of likely N-dealkylation sites (N-methyl/N-ethyl adjacent to an activating group) is 1. The molecule has 0 fully saturated rings. The normalized spacial score (nSPS) is 11.2. The number of nitrogens with zero attached hydrogens (tertiary/aromatic N) is 1. The van der Waals surface area contributed by atoms with Crippen LogP contribution >= 0.6 is 11.6 Å². The Bertz CT molecular complexity index is 457. The van der Waals surface area contributed by atoms with E-state index >= 15 is 0 Å². The van der Waals surface area contributed by atoms with Gasteiger partial charge in [-0.05, 0) is 38.1 Å². The third-order valence-electron chi connectivity index (χ3n) is 2.89. The van der Waals surface area contributed by atoms with Crippen LogP contribution in [-0.2, 0) is 4.79 Å². The first kappa shape index (κ1) is 15.7. The minimum atomic E-state index is -0.0169. The van der Waals surface area contributed by atoms with Crippen LogP contribution < -0.4 is 5.32 Å². The number of halogens is 1. The monoisotopic (exact) mass is 280 g/mol. The summed E-state index contributed by atoms with van der Waals surface area (Å²) < 4.78 is 0. The average Bonchev–Trinajstić information content (AvgIpc) is 2.38. The number of carbonyl (C=O) groups excluding carboxylic acids is 1. The van der Waals surface area contributed by atoms with E-state index in [1.807, 2.05) is 45.1 Å². The number of aryl methyl sites for hydroxylation is 1. The Labute approximate surface area is 120 Å². The lowest BCUT2D eigenvalue weighted by atomic mass is 10.2. The number of rotatable bonds is 6. The number of hydrogen-bond donors (Lipinski definition) is 1. The summed E-state index contributed by atoms with van der Waals surface area (Å²) in [6.07, 6.45) is 4.03. The quantitative estimate of drug-likeness (QED) is 0.809. The molecule has 4 heteroatoms. The molecular formula is C15H21ClN2O. The Morgan fingerprint density at radius 2 is 2.21 bits per heavy atom. The molecule has 0 saturated heterocycles. The summed E-state index contributed by atoms with van der Waals surface area (Å²) in [6, 6.07) is 5.49. The van der Waals surface area contributed by atoms with Crippen molar-refractivity contribution in [2.24, 2.45) is 0 Å². The lowest BCUT2D eigenvalue weighted by molar-refractivity contribution is -0.117. The second-order valence-corrected chi connectivity index (χ2v) is 4.84. The minimum absolute atomic E-state index is 0.0169. The standard InChI is InChI=1S/C15H21ClN2O/c1-4-6-9-18(5-2)11-15(19)17-14-10-13(16)8-7-12(14)3/h4,6-8,10H,5,9,11H2,1-3H3,(H,17,19)/b6-4+. The van der Waals surface area contributed by atoms with Crippen molar-refractivity contribution in [1.29, 1.82) is 0 Å². The van der Waals surface area contributed by atoms with Crippen LogP contribution in [0.2, 0.25) is 5.02 Å². The number of hydrogen-bond acceptors (Lipinski definition) is 2. The Kier molecular flexibility index (Phi) is 6.60. The van der Waals surface area contributed by atoms with Crippen molar-refractivity contribution in [2.45, 2.75) is 20.8 Å². The van der Waals surface area contributed by atoms with E-state index in [9.17, 15) is 4.79 Å². The first-order valence-corrected chi connectivity index (χ1v) is 6.84. The summed E-state index contributed by atoms with van der Waals surface area (Å²) in [5.74, 6) is -0.0169. The van der Waals surface area contributed by atoms with Crippen molar-refractivity contribution in [3.8, 4) is 0 Å². The van der Waals surface area contributed by atoms with Crippen molar-refractivity contribution in [1.82, 2.24) is 4.90 Å². The smallest absolute Gasteiger partial charge is 0.238 e. The Balaban J connectivity index is 2.61. The molecule has 1 aromatic carbocycles. The lowest BCUT2D eigenvalue weighted by Crippen LogP contribution is -2.33. The van der Waals surface area contributed by atoms with Crippen LogP contribution in [0.15, 0.2) is 30.4 Å². The molecule has 0 aromatic heterocycles. The van der Waals surface area contributed by atoms with Crippen molar-refractivity contribution >= 4 is 23.2 Å². The highest BCUT2D eigenvalue weighted by molar-refractivity contribution is 6.31. The highest BCUT2D eigenvalue weighted by Crippen LogP contribution is 2.20. The van der Waals surface area contributed by atoms with Crippen molar-refractivity contribution in [3.63, 3.8) is 0 Å². The second-order valence-electron chi connectivity index (χ2n) is 4.40. The van der Waals surface area contributed by atoms with Gasteiger partial charge in [-0.25, -0.2) is 0 Å². The van der Waals surface area contributed by atoms with E-state index in [0.717, 1.165) is 24.3 Å². The van der Waals surface area contributed by atoms with Gasteiger partial charge in [-0.2, -0.15) is 0 Å². The molecule has 0 saturated carbocycles. The summed E-state index contributed by atoms with van der Waals surface area (Å²) in [7, 11) is 0. The molecule has 104 valence electrons. The van der Waals surface area contributed by atoms with Crippen LogP contribution in [0.4, 0.5) is 5.69 Å². The number of amides is 1. The topological polar surface area (TPSA) is 32.3 Å². The molecule has 0 spiro atoms. The molecule has 0 radical (unpaired) electrons. The van der Waals surface area contributed by atoms with Gasteiger partial charge in [-0.1, -0.05) is 36.7 Å². The SMILES string of the molecule is C/C=C/CN(CC)CC(=O)Nc1cc(Cl)ccc1C. The molecule has 1 rings (SSSR count). The fourth-order valence-electron chi connectivity index (χ4n) is 1.68. The van der Waals surface area contributed by atoms with Crippen LogP contribution in [0.5, 0.6) is 0 Å². The van der Waals surface area contributed by atoms with Gasteiger partial charge >= 0.3 is 0 Å². The van der Waals surface area contributed by atoms with Crippen LogP contribution in [-0.4, -0.2) is 30.4 Å². The van der Waals surface area contributed by atoms with Gasteiger partial charge in [0, 0.05) is 17.3 Å². The number of benzene rings is 1. The maximum Gasteiger partial charge on any atom is 0.238 e. The largest absolute Gasteiger partial charge is 0.325 e. The van der Waals surface area contributed by atoms with Crippen LogP contribution in [0, 0.1) is 6.92 Å². The Hall–Kier alpha value is -1.32. The van der Waals surface area contributed by atoms with Gasteiger partial charge in [0.25, 0.3) is 0 Å². The predicted octanol–water partition coefficient (Wildman–Crippen LogP) is 3.48. The van der Waals surface area contributed by atoms with Gasteiger partial charge < -0.3 is 5.32 Å². The molecule has 1 aromatic rings. The first-order valence-electron chi connectivity index (χ1n) is 6.46. The summed E-state index contributed by atoms with van der Waals surface area (Å²) in [4.78, 5) is 14.1. The van der Waals surface area contributed by atoms with Gasteiger partial charge in [0.1, 0.15) is 0 Å². The Morgan fingerprint density at radius 1 is 1.47 bits per heavy atom. The molecule has 19 heavy (non-hydrogen) atoms. The molecule has 1 N–H and O–H groups in total. The second kappa shape index (κ2) is 7.97. The maximum absolute atomic E-state index is 12.0. The van der Waals surface area contributed by atoms with Gasteiger partial charge in [-0.3, -0.25) is 9.69 Å². The van der Waals surface area contributed by atoms with Gasteiger partial charge in [-0.15, -0.1) is 0 Å². The van der Waals surface area contributed by atoms with Crippen LogP contribution in [0.25, 0.3) is 0 Å². The maximum atomic E-state index is 12.0. The predicted molar refractivity (Wildman–Crippen MR) is 81.7 cm³/mol. The number of nitrogens with one attached hydrogen (secondary N) is 1. The van der Waals surface area contributed by atoms with E-state index < -0.39 is 0 Å². The average molecular weight is 281 g/mol. The van der Waals surface area contributed by atoms with E-state index in [4.69, 9.17) is 11.6 Å². The minimum Gasteiger partial charge on any atom is -0.325 e. The molecule has 0 aliphatic rings. The zero-order valence-electron chi connectivity index (χ0n) is 11.7. The number of carbonyl (C=O) groups is 1. The van der Waals surface area contributed by atoms with Crippen molar-refractivity contribution < 1.29 is 4.79 Å². The van der Waals surface area contributed by atoms with E-state index in [1.165, 1.54) is 0 Å². The summed E-state index contributed by atoms with van der Waals surface area (Å²) in [5, 5.41) is 3.53. The summed E-state index contributed by atoms with van der Waals surface area (Å²) in [5.41, 5.74) is 1.79. The van der Waals surface area contributed by atoms with Crippen LogP contribution in [0.1, 0.15) is 19.4 Å². The molecule has 0 aliphatic heterocycles. The lowest BCUT2D eigenvalue weighted by Gasteiger charge is -2.18. The summed E-state index contributed by atoms with van der Waals surface area (Å²) >= 11 is 5.93. The summed E-state index contributed by atoms with van der Waals surface area (Å²) in [6.45, 7) is 7.97. The third kappa shape index (κ3) is 5.45. The van der Waals surface area contributed by atoms with Gasteiger partial charge in [0.05, 0.1) is 6.54 Å². The zero-order chi connectivity index (χ0) is 14.3. The van der Waals surface area contributed by atoms with Gasteiger partial charge in [0.15, 0.2) is 0 Å². The Morgan fingerprint density at radius 3 is 2.84 bits per heavy atom. The van der Waals surface area contributed by atoms with E-state index in [0.29, 0.717) is 11.6 Å². The molecule has 0 unspecified atom stereocenters. The van der Waals surface area contributed by atoms with Crippen molar-refractivity contribution in [2.75, 3.05) is 25.0 Å². The van der Waals surface area contributed by atoms with Crippen molar-refractivity contribution in [3.05, 3.63) is 40.9 Å². The first-order chi connectivity index (χ1) is 9.06. The molecule has 0 heterocycles. The van der Waals surface area contributed by atoms with E-state index in [1.54, 1.807) is 6.07 Å². The zero-order valence-corrected chi connectivity index (χ0v) is 12.5. The molecule has 3 nitrogen and oxygen atoms in total. The molecular weight excluding hydrogens is 260 g/mol. The van der Waals surface area contributed by atoms with E-state index in [-0.39, 0.29) is 5.91 Å². The molecule has 1 amide bonds. The fourth-order valence-corrected chi connectivity index (χ4v) is 1.85.